The molecule has 1 amide bonds. The van der Waals surface area contributed by atoms with Gasteiger partial charge in [0.25, 0.3) is 5.91 Å². The number of aromatic nitrogens is 2. The van der Waals surface area contributed by atoms with Gasteiger partial charge in [0.2, 0.25) is 0 Å². The number of carbonyl (C=O) groups excluding carboxylic acids is 1. The minimum atomic E-state index is -0.214. The van der Waals surface area contributed by atoms with Crippen LogP contribution in [0.5, 0.6) is 0 Å². The number of rotatable bonds is 6. The van der Waals surface area contributed by atoms with Crippen molar-refractivity contribution in [3.8, 4) is 16.7 Å². The summed E-state index contributed by atoms with van der Waals surface area (Å²) < 4.78 is 7.05. The SMILES string of the molecule is N#CSCCCNC(=O)c1c(-c2ccc3ccccc3c2)nc2occn12. The fourth-order valence-electron chi connectivity index (χ4n) is 3.02. The molecule has 0 unspecified atom stereocenters. The lowest BCUT2D eigenvalue weighted by Gasteiger charge is -2.07. The number of amides is 1. The number of thioether (sulfide) groups is 1. The summed E-state index contributed by atoms with van der Waals surface area (Å²) in [4.78, 5) is 17.3. The predicted molar refractivity (Wildman–Crippen MR) is 105 cm³/mol. The van der Waals surface area contributed by atoms with Gasteiger partial charge in [-0.1, -0.05) is 36.4 Å². The van der Waals surface area contributed by atoms with Gasteiger partial charge in [-0.05, 0) is 35.0 Å². The van der Waals surface area contributed by atoms with E-state index in [0.29, 0.717) is 29.5 Å². The number of nitrogens with one attached hydrogen (secondary N) is 1. The summed E-state index contributed by atoms with van der Waals surface area (Å²) in [6.45, 7) is 0.496. The van der Waals surface area contributed by atoms with E-state index in [1.165, 1.54) is 18.0 Å². The third-order valence-corrected chi connectivity index (χ3v) is 4.90. The van der Waals surface area contributed by atoms with Crippen LogP contribution in [0.2, 0.25) is 0 Å². The summed E-state index contributed by atoms with van der Waals surface area (Å²) in [5.74, 6) is 0.847. The van der Waals surface area contributed by atoms with E-state index in [9.17, 15) is 4.79 Å². The van der Waals surface area contributed by atoms with Gasteiger partial charge in [-0.3, -0.25) is 9.20 Å². The van der Waals surface area contributed by atoms with Gasteiger partial charge < -0.3 is 9.73 Å². The smallest absolute Gasteiger partial charge is 0.306 e. The van der Waals surface area contributed by atoms with Crippen molar-refractivity contribution in [1.29, 1.82) is 5.26 Å². The van der Waals surface area contributed by atoms with Crippen molar-refractivity contribution in [2.45, 2.75) is 6.42 Å². The lowest BCUT2D eigenvalue weighted by atomic mass is 10.0. The Kier molecular flexibility index (Phi) is 4.81. The normalized spacial score (nSPS) is 10.9. The van der Waals surface area contributed by atoms with Crippen molar-refractivity contribution >= 4 is 34.3 Å². The third kappa shape index (κ3) is 3.39. The molecule has 0 saturated heterocycles. The minimum absolute atomic E-state index is 0.214. The molecule has 7 heteroatoms. The third-order valence-electron chi connectivity index (χ3n) is 4.27. The largest absolute Gasteiger partial charge is 0.432 e. The number of hydrogen-bond donors (Lipinski definition) is 1. The van der Waals surface area contributed by atoms with E-state index in [1.807, 2.05) is 47.9 Å². The molecule has 4 aromatic rings. The number of nitriles is 1. The van der Waals surface area contributed by atoms with Gasteiger partial charge in [0.15, 0.2) is 0 Å². The highest BCUT2D eigenvalue weighted by Gasteiger charge is 2.22. The zero-order valence-electron chi connectivity index (χ0n) is 14.4. The summed E-state index contributed by atoms with van der Waals surface area (Å²) in [6, 6.07) is 14.1. The van der Waals surface area contributed by atoms with Crippen LogP contribution in [0.25, 0.3) is 27.9 Å². The van der Waals surface area contributed by atoms with Crippen molar-refractivity contribution in [3.63, 3.8) is 0 Å². The molecule has 1 N–H and O–H groups in total. The first-order valence-corrected chi connectivity index (χ1v) is 9.50. The van der Waals surface area contributed by atoms with Crippen molar-refractivity contribution in [2.75, 3.05) is 12.3 Å². The van der Waals surface area contributed by atoms with Crippen LogP contribution in [-0.4, -0.2) is 27.6 Å². The van der Waals surface area contributed by atoms with Crippen LogP contribution < -0.4 is 5.32 Å². The first-order valence-electron chi connectivity index (χ1n) is 8.52. The van der Waals surface area contributed by atoms with Gasteiger partial charge in [0.1, 0.15) is 23.1 Å². The van der Waals surface area contributed by atoms with E-state index in [-0.39, 0.29) is 5.91 Å². The van der Waals surface area contributed by atoms with E-state index in [2.05, 4.69) is 10.3 Å². The summed E-state index contributed by atoms with van der Waals surface area (Å²) >= 11 is 1.18. The Balaban J connectivity index is 1.68. The predicted octanol–water partition coefficient (Wildman–Crippen LogP) is 4.08. The Morgan fingerprint density at radius 2 is 2.11 bits per heavy atom. The van der Waals surface area contributed by atoms with E-state index < -0.39 is 0 Å². The average Bonchev–Trinajstić information content (AvgIpc) is 3.28. The maximum Gasteiger partial charge on any atom is 0.306 e. The van der Waals surface area contributed by atoms with Crippen LogP contribution in [-0.2, 0) is 0 Å². The van der Waals surface area contributed by atoms with Gasteiger partial charge in [-0.2, -0.15) is 10.2 Å². The van der Waals surface area contributed by atoms with Crippen LogP contribution in [0.3, 0.4) is 0 Å². The Bertz CT molecular complexity index is 1160. The van der Waals surface area contributed by atoms with Gasteiger partial charge in [-0.25, -0.2) is 0 Å². The Labute approximate surface area is 159 Å². The first-order chi connectivity index (χ1) is 13.3. The average molecular weight is 376 g/mol. The van der Waals surface area contributed by atoms with Crippen LogP contribution in [0, 0.1) is 10.7 Å². The number of carbonyl (C=O) groups is 1. The fourth-order valence-corrected chi connectivity index (χ4v) is 3.40. The molecule has 2 aromatic carbocycles. The number of hydrogen-bond acceptors (Lipinski definition) is 5. The number of fused-ring (bicyclic) bond motifs is 2. The highest BCUT2D eigenvalue weighted by Crippen LogP contribution is 2.28. The zero-order valence-corrected chi connectivity index (χ0v) is 15.2. The molecule has 0 saturated carbocycles. The lowest BCUT2D eigenvalue weighted by Crippen LogP contribution is -2.26. The second kappa shape index (κ2) is 7.56. The number of benzene rings is 2. The molecule has 0 radical (unpaired) electrons. The molecule has 6 nitrogen and oxygen atoms in total. The number of oxazole rings is 1. The van der Waals surface area contributed by atoms with Gasteiger partial charge in [0.05, 0.1) is 0 Å². The topological polar surface area (TPSA) is 83.3 Å². The standard InChI is InChI=1S/C20H16N4O2S/c21-13-27-11-3-8-22-19(25)18-17(23-20-24(18)9-10-26-20)16-7-6-14-4-1-2-5-15(14)12-16/h1-2,4-7,9-10,12H,3,8,11H2,(H,22,25). The highest BCUT2D eigenvalue weighted by molar-refractivity contribution is 8.03. The summed E-state index contributed by atoms with van der Waals surface area (Å²) in [6.07, 6.45) is 3.92. The maximum absolute atomic E-state index is 12.8. The van der Waals surface area contributed by atoms with Gasteiger partial charge >= 0.3 is 5.84 Å². The quantitative estimate of drug-likeness (QED) is 0.405. The molecule has 0 atom stereocenters. The monoisotopic (exact) mass is 376 g/mol. The van der Waals surface area contributed by atoms with E-state index in [1.54, 1.807) is 10.6 Å². The molecular weight excluding hydrogens is 360 g/mol. The molecule has 0 spiro atoms. The Morgan fingerprint density at radius 3 is 2.96 bits per heavy atom. The Hall–Kier alpha value is -3.24. The molecule has 0 bridgehead atoms. The van der Waals surface area contributed by atoms with Crippen LogP contribution in [0.4, 0.5) is 0 Å². The second-order valence-electron chi connectivity index (χ2n) is 5.98. The molecule has 27 heavy (non-hydrogen) atoms. The van der Waals surface area contributed by atoms with Crippen molar-refractivity contribution < 1.29 is 9.21 Å². The molecule has 2 aromatic heterocycles. The molecule has 0 aliphatic rings. The van der Waals surface area contributed by atoms with Gasteiger partial charge in [-0.15, -0.1) is 0 Å². The van der Waals surface area contributed by atoms with E-state index in [0.717, 1.165) is 22.8 Å². The Morgan fingerprint density at radius 1 is 1.26 bits per heavy atom. The molecular formula is C20H16N4O2S. The zero-order chi connectivity index (χ0) is 18.6. The summed E-state index contributed by atoms with van der Waals surface area (Å²) in [7, 11) is 0. The van der Waals surface area contributed by atoms with Crippen LogP contribution >= 0.6 is 11.8 Å². The van der Waals surface area contributed by atoms with Crippen LogP contribution in [0.1, 0.15) is 16.9 Å². The minimum Gasteiger partial charge on any atom is -0.432 e. The molecule has 2 heterocycles. The number of imidazole rings is 1. The van der Waals surface area contributed by atoms with E-state index >= 15 is 0 Å². The molecule has 0 aliphatic carbocycles. The lowest BCUT2D eigenvalue weighted by molar-refractivity contribution is 0.0948. The maximum atomic E-state index is 12.8. The van der Waals surface area contributed by atoms with Crippen LogP contribution in [0.15, 0.2) is 59.3 Å². The molecule has 0 aliphatic heterocycles. The number of thiocyanates is 1. The summed E-state index contributed by atoms with van der Waals surface area (Å²) in [5.41, 5.74) is 1.89. The number of nitrogens with zero attached hydrogens (tertiary/aromatic N) is 3. The highest BCUT2D eigenvalue weighted by atomic mass is 32.2. The van der Waals surface area contributed by atoms with Crippen molar-refractivity contribution in [3.05, 3.63) is 60.6 Å². The molecule has 134 valence electrons. The van der Waals surface area contributed by atoms with Gasteiger partial charge in [0, 0.05) is 24.1 Å². The van der Waals surface area contributed by atoms with E-state index in [4.69, 9.17) is 9.68 Å². The van der Waals surface area contributed by atoms with Crippen molar-refractivity contribution in [2.24, 2.45) is 0 Å². The van der Waals surface area contributed by atoms with Crippen molar-refractivity contribution in [1.82, 2.24) is 14.7 Å². The second-order valence-corrected chi connectivity index (χ2v) is 6.86. The first kappa shape index (κ1) is 17.2. The molecule has 4 rings (SSSR count). The fraction of sp³-hybridized carbons (Fsp3) is 0.150. The molecule has 0 fully saturated rings. The summed E-state index contributed by atoms with van der Waals surface area (Å²) in [5, 5.41) is 15.7.